The van der Waals surface area contributed by atoms with E-state index in [0.29, 0.717) is 19.5 Å². The second-order valence-corrected chi connectivity index (χ2v) is 5.54. The van der Waals surface area contributed by atoms with E-state index in [9.17, 15) is 9.90 Å². The molecule has 0 heterocycles. The summed E-state index contributed by atoms with van der Waals surface area (Å²) in [6, 6.07) is -0.594. The van der Waals surface area contributed by atoms with Crippen molar-refractivity contribution in [3.05, 3.63) is 0 Å². The van der Waals surface area contributed by atoms with Gasteiger partial charge in [0.25, 0.3) is 0 Å². The summed E-state index contributed by atoms with van der Waals surface area (Å²) in [6.07, 6.45) is 2.04. The first-order chi connectivity index (χ1) is 9.97. The molecule has 0 aromatic heterocycles. The molecule has 1 amide bonds. The molecule has 0 bridgehead atoms. The Bertz CT molecular complexity index is 315. The topological polar surface area (TPSA) is 103 Å². The second-order valence-electron chi connectivity index (χ2n) is 4.92. The Hall–Kier alpha value is -0.450. The van der Waals surface area contributed by atoms with Crippen molar-refractivity contribution in [2.24, 2.45) is 10.7 Å². The fourth-order valence-corrected chi connectivity index (χ4v) is 2.03. The maximum absolute atomic E-state index is 12.5. The van der Waals surface area contributed by atoms with Crippen LogP contribution in [0.25, 0.3) is 0 Å². The van der Waals surface area contributed by atoms with Crippen LogP contribution >= 0.6 is 22.9 Å². The van der Waals surface area contributed by atoms with Crippen LogP contribution in [-0.4, -0.2) is 60.2 Å². The third-order valence-electron chi connectivity index (χ3n) is 3.16. The zero-order valence-electron chi connectivity index (χ0n) is 13.1. The summed E-state index contributed by atoms with van der Waals surface area (Å²) in [5.41, 5.74) is 5.74. The second kappa shape index (κ2) is 12.1. The van der Waals surface area contributed by atoms with Gasteiger partial charge in [0.1, 0.15) is 6.04 Å². The van der Waals surface area contributed by atoms with Gasteiger partial charge in [0.05, 0.1) is 42.0 Å². The van der Waals surface area contributed by atoms with E-state index in [1.807, 2.05) is 43.6 Å². The summed E-state index contributed by atoms with van der Waals surface area (Å²) in [5, 5.41) is 13.1. The van der Waals surface area contributed by atoms with Crippen molar-refractivity contribution < 1.29 is 9.90 Å². The van der Waals surface area contributed by atoms with E-state index in [2.05, 4.69) is 13.8 Å². The molecule has 0 aliphatic heterocycles. The fourth-order valence-electron chi connectivity index (χ4n) is 1.84. The molecule has 5 N–H and O–H groups in total. The molecule has 7 nitrogen and oxygen atoms in total. The number of nitrogens with two attached hydrogens (primary N) is 1. The number of aliphatic hydroxyl groups is 1. The van der Waals surface area contributed by atoms with Crippen LogP contribution in [0.2, 0.25) is 0 Å². The molecule has 3 atom stereocenters. The van der Waals surface area contributed by atoms with E-state index in [4.69, 9.17) is 5.73 Å². The van der Waals surface area contributed by atoms with Gasteiger partial charge < -0.3 is 19.3 Å². The van der Waals surface area contributed by atoms with Gasteiger partial charge in [0.15, 0.2) is 0 Å². The Morgan fingerprint density at radius 2 is 2.19 bits per heavy atom. The number of aliphatic hydroxyl groups excluding tert-OH is 1. The molecule has 0 saturated heterocycles. The van der Waals surface area contributed by atoms with Crippen LogP contribution in [0.1, 0.15) is 33.6 Å². The quantitative estimate of drug-likeness (QED) is 0.168. The van der Waals surface area contributed by atoms with E-state index >= 15 is 0 Å². The summed E-state index contributed by atoms with van der Waals surface area (Å²) in [5.74, 6) is -0.106. The lowest BCUT2D eigenvalue weighted by Gasteiger charge is -2.29. The standard InChI is InChI=1S/C13H28IN5O2/c1-4-11(20)12(17-8-16-9-18-14)13(21)19(5-2)7-6-10(3)15/h9-12,17,20H,4-8,15H2,1-3H3,(H,16,18)/t10-,11?,12?/m1/s1. The van der Waals surface area contributed by atoms with Gasteiger partial charge in [-0.1, -0.05) is 6.92 Å². The number of nitrogens with one attached hydrogen (secondary N) is 2. The lowest BCUT2D eigenvalue weighted by molar-refractivity contribution is -0.136. The number of nitrogens with zero attached hydrogens (tertiary/aromatic N) is 2. The van der Waals surface area contributed by atoms with Gasteiger partial charge in [-0.2, -0.15) is 0 Å². The third-order valence-corrected chi connectivity index (χ3v) is 3.44. The Labute approximate surface area is 141 Å². The van der Waals surface area contributed by atoms with Crippen LogP contribution in [-0.2, 0) is 4.79 Å². The molecule has 0 aliphatic carbocycles. The highest BCUT2D eigenvalue weighted by atomic mass is 127. The minimum Gasteiger partial charge on any atom is -0.391 e. The number of likely N-dealkylation sites (N-methyl/N-ethyl adjacent to an activating group) is 1. The predicted molar refractivity (Wildman–Crippen MR) is 94.3 cm³/mol. The van der Waals surface area contributed by atoms with Gasteiger partial charge in [-0.25, -0.2) is 0 Å². The number of hydrogen-bond acceptors (Lipinski definition) is 5. The smallest absolute Gasteiger partial charge is 0.242 e. The molecule has 0 rings (SSSR count). The summed E-state index contributed by atoms with van der Waals surface area (Å²) >= 11 is 1.95. The van der Waals surface area contributed by atoms with Crippen molar-refractivity contribution >= 4 is 35.1 Å². The Morgan fingerprint density at radius 3 is 2.67 bits per heavy atom. The normalized spacial score (nSPS) is 15.7. The van der Waals surface area contributed by atoms with E-state index < -0.39 is 12.1 Å². The Morgan fingerprint density at radius 1 is 1.52 bits per heavy atom. The van der Waals surface area contributed by atoms with Crippen LogP contribution in [0.3, 0.4) is 0 Å². The fraction of sp³-hybridized carbons (Fsp3) is 0.846. The molecule has 21 heavy (non-hydrogen) atoms. The zero-order valence-corrected chi connectivity index (χ0v) is 15.2. The molecule has 8 heteroatoms. The monoisotopic (exact) mass is 413 g/mol. The molecule has 124 valence electrons. The Kier molecular flexibility index (Phi) is 11.9. The lowest BCUT2D eigenvalue weighted by atomic mass is 10.1. The average molecular weight is 413 g/mol. The van der Waals surface area contributed by atoms with Gasteiger partial charge in [-0.15, -0.1) is 0 Å². The van der Waals surface area contributed by atoms with E-state index in [-0.39, 0.29) is 18.6 Å². The summed E-state index contributed by atoms with van der Waals surface area (Å²) in [4.78, 5) is 18.3. The van der Waals surface area contributed by atoms with E-state index in [1.165, 1.54) is 6.34 Å². The molecular weight excluding hydrogens is 385 g/mol. The number of carbonyl (C=O) groups is 1. The molecule has 0 spiro atoms. The first-order valence-corrected chi connectivity index (χ1v) is 8.35. The molecular formula is C13H28IN5O2. The maximum atomic E-state index is 12.5. The number of aliphatic imine (C=N–C) groups is 1. The highest BCUT2D eigenvalue weighted by molar-refractivity contribution is 14.1. The summed E-state index contributed by atoms with van der Waals surface area (Å²) < 4.78 is 2.75. The molecule has 0 aromatic rings. The summed E-state index contributed by atoms with van der Waals surface area (Å²) in [6.45, 7) is 7.15. The molecule has 0 aliphatic rings. The predicted octanol–water partition coefficient (Wildman–Crippen LogP) is 0.227. The van der Waals surface area contributed by atoms with E-state index in [1.54, 1.807) is 4.90 Å². The van der Waals surface area contributed by atoms with Gasteiger partial charge >= 0.3 is 0 Å². The lowest BCUT2D eigenvalue weighted by Crippen LogP contribution is -2.53. The number of hydrogen-bond donors (Lipinski definition) is 4. The van der Waals surface area contributed by atoms with Crippen molar-refractivity contribution in [3.8, 4) is 0 Å². The van der Waals surface area contributed by atoms with E-state index in [0.717, 1.165) is 6.42 Å². The molecule has 0 radical (unpaired) electrons. The third kappa shape index (κ3) is 8.54. The molecule has 0 saturated carbocycles. The van der Waals surface area contributed by atoms with Crippen LogP contribution in [0.5, 0.6) is 0 Å². The van der Waals surface area contributed by atoms with Crippen molar-refractivity contribution in [2.45, 2.75) is 51.8 Å². The van der Waals surface area contributed by atoms with Crippen LogP contribution < -0.4 is 14.6 Å². The molecule has 2 unspecified atom stereocenters. The summed E-state index contributed by atoms with van der Waals surface area (Å²) in [7, 11) is 0. The molecule has 0 aromatic carbocycles. The van der Waals surface area contributed by atoms with Crippen molar-refractivity contribution in [2.75, 3.05) is 19.8 Å². The number of carbonyl (C=O) groups excluding carboxylic acids is 1. The van der Waals surface area contributed by atoms with Crippen LogP contribution in [0.15, 0.2) is 4.99 Å². The van der Waals surface area contributed by atoms with Crippen molar-refractivity contribution in [1.82, 2.24) is 13.7 Å². The van der Waals surface area contributed by atoms with Crippen LogP contribution in [0.4, 0.5) is 0 Å². The highest BCUT2D eigenvalue weighted by Crippen LogP contribution is 2.05. The zero-order chi connectivity index (χ0) is 16.3. The largest absolute Gasteiger partial charge is 0.391 e. The highest BCUT2D eigenvalue weighted by Gasteiger charge is 2.28. The Balaban J connectivity index is 4.69. The number of amides is 1. The minimum absolute atomic E-state index is 0.0497. The van der Waals surface area contributed by atoms with Gasteiger partial charge in [0, 0.05) is 19.1 Å². The minimum atomic E-state index is -0.732. The first kappa shape index (κ1) is 20.6. The first-order valence-electron chi connectivity index (χ1n) is 7.28. The number of rotatable bonds is 11. The SMILES string of the molecule is CCC(O)C(NCN=CNI)C(=O)N(CC)CC[C@@H](C)N. The van der Waals surface area contributed by atoms with Crippen molar-refractivity contribution in [3.63, 3.8) is 0 Å². The molecule has 0 fully saturated rings. The van der Waals surface area contributed by atoms with Gasteiger partial charge in [-0.05, 0) is 26.7 Å². The van der Waals surface area contributed by atoms with Crippen LogP contribution in [0, 0.1) is 0 Å². The van der Waals surface area contributed by atoms with Gasteiger partial charge in [-0.3, -0.25) is 15.1 Å². The number of halogens is 1. The van der Waals surface area contributed by atoms with Crippen molar-refractivity contribution in [1.29, 1.82) is 0 Å². The van der Waals surface area contributed by atoms with Gasteiger partial charge in [0.2, 0.25) is 5.91 Å². The average Bonchev–Trinajstić information content (AvgIpc) is 2.46. The maximum Gasteiger partial charge on any atom is 0.242 e.